The molecule has 0 fully saturated rings. The topological polar surface area (TPSA) is 40.2 Å². The molecule has 2 aromatic carbocycles. The number of aliphatic imine (C=N–C) groups is 1. The highest BCUT2D eigenvalue weighted by molar-refractivity contribution is 6.39. The van der Waals surface area contributed by atoms with Crippen LogP contribution < -0.4 is 5.32 Å². The number of benzene rings is 2. The zero-order chi connectivity index (χ0) is 16.0. The molecule has 3 aromatic rings. The van der Waals surface area contributed by atoms with Gasteiger partial charge in [0.1, 0.15) is 5.84 Å². The molecule has 3 nitrogen and oxygen atoms in total. The van der Waals surface area contributed by atoms with Crippen LogP contribution in [0.5, 0.6) is 0 Å². The zero-order valence-electron chi connectivity index (χ0n) is 12.0. The van der Waals surface area contributed by atoms with E-state index in [4.69, 9.17) is 34.8 Å². The van der Waals surface area contributed by atoms with Gasteiger partial charge in [-0.1, -0.05) is 46.9 Å². The zero-order valence-corrected chi connectivity index (χ0v) is 14.2. The molecule has 0 bridgehead atoms. The normalized spacial score (nSPS) is 14.1. The highest BCUT2D eigenvalue weighted by Crippen LogP contribution is 2.36. The van der Waals surface area contributed by atoms with Gasteiger partial charge in [-0.15, -0.1) is 0 Å². The van der Waals surface area contributed by atoms with Crippen molar-refractivity contribution in [2.24, 2.45) is 4.99 Å². The second-order valence-corrected chi connectivity index (χ2v) is 6.63. The summed E-state index contributed by atoms with van der Waals surface area (Å²) in [5.74, 6) is 0.861. The summed E-state index contributed by atoms with van der Waals surface area (Å²) in [6.45, 7) is 1.59. The van der Waals surface area contributed by atoms with Crippen LogP contribution in [0.4, 0.5) is 0 Å². The van der Waals surface area contributed by atoms with E-state index < -0.39 is 0 Å². The van der Waals surface area contributed by atoms with E-state index in [-0.39, 0.29) is 0 Å². The van der Waals surface area contributed by atoms with Crippen molar-refractivity contribution in [1.29, 1.82) is 0 Å². The van der Waals surface area contributed by atoms with Crippen molar-refractivity contribution in [3.05, 3.63) is 57.0 Å². The summed E-state index contributed by atoms with van der Waals surface area (Å²) < 4.78 is 0. The van der Waals surface area contributed by atoms with Gasteiger partial charge in [0.25, 0.3) is 0 Å². The number of hydrogen-bond donors (Lipinski definition) is 2. The molecule has 0 amide bonds. The van der Waals surface area contributed by atoms with Crippen LogP contribution in [0, 0.1) is 0 Å². The molecular formula is C17H12Cl3N3. The fourth-order valence-electron chi connectivity index (χ4n) is 2.86. The molecule has 0 radical (unpaired) electrons. The predicted octanol–water partition coefficient (Wildman–Crippen LogP) is 5.14. The monoisotopic (exact) mass is 363 g/mol. The van der Waals surface area contributed by atoms with E-state index in [0.29, 0.717) is 15.1 Å². The van der Waals surface area contributed by atoms with Crippen LogP contribution in [0.15, 0.2) is 41.4 Å². The Labute approximate surface area is 148 Å². The van der Waals surface area contributed by atoms with E-state index in [1.807, 2.05) is 30.3 Å². The van der Waals surface area contributed by atoms with Crippen LogP contribution in [0.1, 0.15) is 5.56 Å². The Morgan fingerprint density at radius 1 is 0.957 bits per heavy atom. The first-order valence-corrected chi connectivity index (χ1v) is 8.32. The maximum Gasteiger partial charge on any atom is 0.131 e. The predicted molar refractivity (Wildman–Crippen MR) is 98.2 cm³/mol. The van der Waals surface area contributed by atoms with E-state index in [1.54, 1.807) is 6.07 Å². The Morgan fingerprint density at radius 2 is 1.74 bits per heavy atom. The molecule has 1 aliphatic rings. The molecule has 0 aliphatic carbocycles. The van der Waals surface area contributed by atoms with Crippen molar-refractivity contribution >= 4 is 51.5 Å². The van der Waals surface area contributed by atoms with Crippen LogP contribution >= 0.6 is 34.8 Å². The van der Waals surface area contributed by atoms with Crippen molar-refractivity contribution in [2.45, 2.75) is 0 Å². The number of rotatable bonds is 2. The number of amidine groups is 1. The van der Waals surface area contributed by atoms with Gasteiger partial charge in [-0.2, -0.15) is 0 Å². The van der Waals surface area contributed by atoms with Crippen molar-refractivity contribution in [3.63, 3.8) is 0 Å². The Bertz CT molecular complexity index is 926. The molecule has 0 saturated heterocycles. The lowest BCUT2D eigenvalue weighted by molar-refractivity contribution is 0.960. The first-order valence-electron chi connectivity index (χ1n) is 7.19. The maximum atomic E-state index is 6.37. The molecule has 6 heteroatoms. The highest BCUT2D eigenvalue weighted by Gasteiger charge is 2.21. The lowest BCUT2D eigenvalue weighted by atomic mass is 10.0. The molecule has 4 rings (SSSR count). The molecule has 0 saturated carbocycles. The number of aromatic amines is 1. The van der Waals surface area contributed by atoms with Gasteiger partial charge in [0, 0.05) is 27.5 Å². The summed E-state index contributed by atoms with van der Waals surface area (Å²) >= 11 is 18.6. The van der Waals surface area contributed by atoms with Gasteiger partial charge >= 0.3 is 0 Å². The lowest BCUT2D eigenvalue weighted by Crippen LogP contribution is -2.19. The molecule has 23 heavy (non-hydrogen) atoms. The van der Waals surface area contributed by atoms with Gasteiger partial charge < -0.3 is 10.3 Å². The van der Waals surface area contributed by atoms with E-state index >= 15 is 0 Å². The van der Waals surface area contributed by atoms with Crippen LogP contribution in [0.25, 0.3) is 22.2 Å². The van der Waals surface area contributed by atoms with Gasteiger partial charge in [0.2, 0.25) is 0 Å². The van der Waals surface area contributed by atoms with Gasteiger partial charge in [0.05, 0.1) is 22.8 Å². The minimum Gasteiger partial charge on any atom is -0.368 e. The smallest absolute Gasteiger partial charge is 0.131 e. The number of hydrogen-bond acceptors (Lipinski definition) is 2. The standard InChI is InChI=1S/C17H12Cl3N3/c18-10-3-1-9(2-4-10)15-14(17-21-5-6-22-17)12-7-11(19)8-13(20)16(12)23-15/h1-4,7-8,23H,5-6H2,(H,21,22). The fraction of sp³-hybridized carbons (Fsp3) is 0.118. The van der Waals surface area contributed by atoms with Gasteiger partial charge in [-0.3, -0.25) is 4.99 Å². The quantitative estimate of drug-likeness (QED) is 0.649. The Kier molecular flexibility index (Phi) is 3.72. The first kappa shape index (κ1) is 14.9. The molecule has 2 heterocycles. The van der Waals surface area contributed by atoms with E-state index in [2.05, 4.69) is 15.3 Å². The molecular weight excluding hydrogens is 353 g/mol. The summed E-state index contributed by atoms with van der Waals surface area (Å²) in [5.41, 5.74) is 3.81. The number of halogens is 3. The van der Waals surface area contributed by atoms with Crippen LogP contribution in [0.3, 0.4) is 0 Å². The molecule has 0 spiro atoms. The molecule has 2 N–H and O–H groups in total. The van der Waals surface area contributed by atoms with Gasteiger partial charge in [0.15, 0.2) is 0 Å². The van der Waals surface area contributed by atoms with E-state index in [9.17, 15) is 0 Å². The molecule has 0 unspecified atom stereocenters. The molecule has 116 valence electrons. The van der Waals surface area contributed by atoms with E-state index in [1.165, 1.54) is 0 Å². The number of nitrogens with zero attached hydrogens (tertiary/aromatic N) is 1. The van der Waals surface area contributed by atoms with Crippen molar-refractivity contribution in [3.8, 4) is 11.3 Å². The number of H-pyrrole nitrogens is 1. The van der Waals surface area contributed by atoms with Crippen LogP contribution in [-0.2, 0) is 0 Å². The first-order chi connectivity index (χ1) is 11.1. The summed E-state index contributed by atoms with van der Waals surface area (Å²) in [6, 6.07) is 11.3. The average molecular weight is 365 g/mol. The third kappa shape index (κ3) is 2.59. The van der Waals surface area contributed by atoms with Gasteiger partial charge in [-0.05, 0) is 29.8 Å². The highest BCUT2D eigenvalue weighted by atomic mass is 35.5. The Balaban J connectivity index is 2.04. The molecule has 1 aromatic heterocycles. The largest absolute Gasteiger partial charge is 0.368 e. The fourth-order valence-corrected chi connectivity index (χ4v) is 3.53. The second-order valence-electron chi connectivity index (χ2n) is 5.35. The summed E-state index contributed by atoms with van der Waals surface area (Å²) in [7, 11) is 0. The minimum atomic E-state index is 0.590. The van der Waals surface area contributed by atoms with Crippen LogP contribution in [-0.4, -0.2) is 23.9 Å². The summed E-state index contributed by atoms with van der Waals surface area (Å²) in [5, 5.41) is 6.18. The summed E-state index contributed by atoms with van der Waals surface area (Å²) in [4.78, 5) is 7.98. The van der Waals surface area contributed by atoms with Crippen LogP contribution in [0.2, 0.25) is 15.1 Å². The van der Waals surface area contributed by atoms with Crippen molar-refractivity contribution in [1.82, 2.24) is 10.3 Å². The number of aromatic nitrogens is 1. The second kappa shape index (κ2) is 5.75. The molecule has 0 atom stereocenters. The lowest BCUT2D eigenvalue weighted by Gasteiger charge is -2.06. The van der Waals surface area contributed by atoms with Crippen molar-refractivity contribution < 1.29 is 0 Å². The Hall–Kier alpha value is -1.68. The third-order valence-electron chi connectivity index (χ3n) is 3.87. The summed E-state index contributed by atoms with van der Waals surface area (Å²) in [6.07, 6.45) is 0. The Morgan fingerprint density at radius 3 is 2.43 bits per heavy atom. The third-order valence-corrected chi connectivity index (χ3v) is 4.64. The SMILES string of the molecule is Clc1ccc(-c2[nH]c3c(Cl)cc(Cl)cc3c2C2=NCCN2)cc1. The van der Waals surface area contributed by atoms with Crippen molar-refractivity contribution in [2.75, 3.05) is 13.1 Å². The van der Waals surface area contributed by atoms with Gasteiger partial charge in [-0.25, -0.2) is 0 Å². The maximum absolute atomic E-state index is 6.37. The van der Waals surface area contributed by atoms with E-state index in [0.717, 1.165) is 46.6 Å². The number of fused-ring (bicyclic) bond motifs is 1. The molecule has 1 aliphatic heterocycles. The minimum absolute atomic E-state index is 0.590. The average Bonchev–Trinajstić information content (AvgIpc) is 3.14. The number of nitrogens with one attached hydrogen (secondary N) is 2.